The highest BCUT2D eigenvalue weighted by molar-refractivity contribution is 5.89. The third-order valence-corrected chi connectivity index (χ3v) is 4.83. The normalized spacial score (nSPS) is 12.8. The molecular formula is C24H21N3O3. The Morgan fingerprint density at radius 1 is 1.00 bits per heavy atom. The average molecular weight is 399 g/mol. The van der Waals surface area contributed by atoms with E-state index in [1.807, 2.05) is 54.6 Å². The van der Waals surface area contributed by atoms with Crippen molar-refractivity contribution in [3.63, 3.8) is 0 Å². The predicted molar refractivity (Wildman–Crippen MR) is 116 cm³/mol. The second-order valence-corrected chi connectivity index (χ2v) is 6.79. The highest BCUT2D eigenvalue weighted by Crippen LogP contribution is 2.19. The van der Waals surface area contributed by atoms with Crippen molar-refractivity contribution < 1.29 is 14.3 Å². The quantitative estimate of drug-likeness (QED) is 0.658. The first-order chi connectivity index (χ1) is 14.7. The van der Waals surface area contributed by atoms with Crippen LogP contribution >= 0.6 is 0 Å². The Kier molecular flexibility index (Phi) is 5.81. The molecule has 1 aliphatic heterocycles. The second-order valence-electron chi connectivity index (χ2n) is 6.79. The van der Waals surface area contributed by atoms with E-state index in [1.165, 1.54) is 0 Å². The molecule has 30 heavy (non-hydrogen) atoms. The first kappa shape index (κ1) is 19.3. The SMILES string of the molecule is O=C(NCC#Cc1ccc(N2CCOC2=O)cc1)NCc1cccc2ccccc12. The minimum absolute atomic E-state index is 0.238. The number of hydrogen-bond acceptors (Lipinski definition) is 3. The number of rotatable bonds is 4. The number of carbonyl (C=O) groups is 2. The fourth-order valence-corrected chi connectivity index (χ4v) is 3.31. The van der Waals surface area contributed by atoms with Gasteiger partial charge in [-0.25, -0.2) is 9.59 Å². The molecule has 0 saturated carbocycles. The van der Waals surface area contributed by atoms with Crippen LogP contribution in [0.2, 0.25) is 0 Å². The van der Waals surface area contributed by atoms with Crippen molar-refractivity contribution >= 4 is 28.6 Å². The molecule has 1 aliphatic rings. The van der Waals surface area contributed by atoms with Crippen LogP contribution in [0.25, 0.3) is 10.8 Å². The maximum Gasteiger partial charge on any atom is 0.414 e. The van der Waals surface area contributed by atoms with E-state index in [0.717, 1.165) is 27.6 Å². The van der Waals surface area contributed by atoms with Gasteiger partial charge in [0.1, 0.15) is 6.61 Å². The fraction of sp³-hybridized carbons (Fsp3) is 0.167. The molecule has 2 N–H and O–H groups in total. The van der Waals surface area contributed by atoms with Gasteiger partial charge in [0.2, 0.25) is 0 Å². The zero-order valence-corrected chi connectivity index (χ0v) is 16.4. The molecule has 6 heteroatoms. The van der Waals surface area contributed by atoms with Crippen molar-refractivity contribution in [1.29, 1.82) is 0 Å². The standard InChI is InChI=1S/C24H21N3O3/c28-23(26-17-20-8-3-7-19-6-1-2-9-22(19)20)25-14-4-5-18-10-12-21(13-11-18)27-15-16-30-24(27)29/h1-3,6-13H,14-17H2,(H2,25,26,28). The molecular weight excluding hydrogens is 378 g/mol. The zero-order chi connectivity index (χ0) is 20.8. The van der Waals surface area contributed by atoms with Crippen molar-refractivity contribution in [2.75, 3.05) is 24.6 Å². The number of hydrogen-bond donors (Lipinski definition) is 2. The minimum atomic E-state index is -0.326. The monoisotopic (exact) mass is 399 g/mol. The number of nitrogens with one attached hydrogen (secondary N) is 2. The van der Waals surface area contributed by atoms with Crippen LogP contribution in [0.1, 0.15) is 11.1 Å². The number of nitrogens with zero attached hydrogens (tertiary/aromatic N) is 1. The van der Waals surface area contributed by atoms with Gasteiger partial charge in [0.25, 0.3) is 0 Å². The number of urea groups is 1. The number of amides is 3. The van der Waals surface area contributed by atoms with Gasteiger partial charge < -0.3 is 15.4 Å². The van der Waals surface area contributed by atoms with E-state index < -0.39 is 0 Å². The van der Waals surface area contributed by atoms with E-state index >= 15 is 0 Å². The number of ether oxygens (including phenoxy) is 1. The summed E-state index contributed by atoms with van der Waals surface area (Å²) in [6.07, 6.45) is -0.326. The summed E-state index contributed by atoms with van der Waals surface area (Å²) in [5.41, 5.74) is 2.66. The Morgan fingerprint density at radius 2 is 1.80 bits per heavy atom. The van der Waals surface area contributed by atoms with Crippen molar-refractivity contribution in [2.45, 2.75) is 6.54 Å². The van der Waals surface area contributed by atoms with Gasteiger partial charge in [0.15, 0.2) is 0 Å². The number of anilines is 1. The molecule has 1 saturated heterocycles. The lowest BCUT2D eigenvalue weighted by atomic mass is 10.0. The van der Waals surface area contributed by atoms with Crippen molar-refractivity contribution in [3.8, 4) is 11.8 Å². The number of fused-ring (bicyclic) bond motifs is 1. The number of cyclic esters (lactones) is 1. The van der Waals surface area contributed by atoms with Crippen LogP contribution in [0.3, 0.4) is 0 Å². The summed E-state index contributed by atoms with van der Waals surface area (Å²) < 4.78 is 4.93. The summed E-state index contributed by atoms with van der Waals surface area (Å²) in [6.45, 7) is 1.65. The molecule has 1 heterocycles. The first-order valence-corrected chi connectivity index (χ1v) is 9.72. The molecule has 4 rings (SSSR count). The fourth-order valence-electron chi connectivity index (χ4n) is 3.31. The Labute approximate surface area is 174 Å². The van der Waals surface area contributed by atoms with E-state index in [2.05, 4.69) is 34.6 Å². The number of benzene rings is 3. The predicted octanol–water partition coefficient (Wildman–Crippen LogP) is 3.65. The third-order valence-electron chi connectivity index (χ3n) is 4.83. The maximum atomic E-state index is 12.0. The van der Waals surface area contributed by atoms with E-state index in [-0.39, 0.29) is 18.7 Å². The Bertz CT molecular complexity index is 1120. The van der Waals surface area contributed by atoms with Gasteiger partial charge in [0, 0.05) is 17.8 Å². The molecule has 0 radical (unpaired) electrons. The van der Waals surface area contributed by atoms with Crippen LogP contribution < -0.4 is 15.5 Å². The van der Waals surface area contributed by atoms with E-state index in [9.17, 15) is 9.59 Å². The third kappa shape index (κ3) is 4.53. The van der Waals surface area contributed by atoms with E-state index in [1.54, 1.807) is 4.90 Å². The van der Waals surface area contributed by atoms with Crippen LogP contribution in [0, 0.1) is 11.8 Å². The first-order valence-electron chi connectivity index (χ1n) is 9.72. The minimum Gasteiger partial charge on any atom is -0.447 e. The lowest BCUT2D eigenvalue weighted by Gasteiger charge is -2.11. The lowest BCUT2D eigenvalue weighted by molar-refractivity contribution is 0.181. The number of carbonyl (C=O) groups excluding carboxylic acids is 2. The summed E-state index contributed by atoms with van der Waals surface area (Å²) in [6, 6.07) is 21.2. The summed E-state index contributed by atoms with van der Waals surface area (Å²) in [4.78, 5) is 25.2. The summed E-state index contributed by atoms with van der Waals surface area (Å²) in [7, 11) is 0. The van der Waals surface area contributed by atoms with Crippen molar-refractivity contribution in [3.05, 3.63) is 77.9 Å². The van der Waals surface area contributed by atoms with E-state index in [0.29, 0.717) is 19.7 Å². The molecule has 0 atom stereocenters. The second kappa shape index (κ2) is 9.01. The van der Waals surface area contributed by atoms with Gasteiger partial charge in [-0.05, 0) is 40.6 Å². The van der Waals surface area contributed by atoms with Crippen LogP contribution in [-0.2, 0) is 11.3 Å². The summed E-state index contributed by atoms with van der Waals surface area (Å²) >= 11 is 0. The molecule has 3 aromatic carbocycles. The van der Waals surface area contributed by atoms with Crippen LogP contribution in [-0.4, -0.2) is 31.8 Å². The molecule has 3 aromatic rings. The van der Waals surface area contributed by atoms with Gasteiger partial charge >= 0.3 is 12.1 Å². The summed E-state index contributed by atoms with van der Waals surface area (Å²) in [5, 5.41) is 7.88. The van der Waals surface area contributed by atoms with Gasteiger partial charge in [-0.15, -0.1) is 0 Å². The average Bonchev–Trinajstić information content (AvgIpc) is 3.21. The van der Waals surface area contributed by atoms with Crippen LogP contribution in [0.15, 0.2) is 66.7 Å². The molecule has 0 bridgehead atoms. The largest absolute Gasteiger partial charge is 0.447 e. The smallest absolute Gasteiger partial charge is 0.414 e. The molecule has 150 valence electrons. The molecule has 1 fully saturated rings. The Morgan fingerprint density at radius 3 is 2.60 bits per heavy atom. The Hall–Kier alpha value is -3.98. The topological polar surface area (TPSA) is 70.7 Å². The molecule has 0 spiro atoms. The van der Waals surface area contributed by atoms with Gasteiger partial charge in [0.05, 0.1) is 13.1 Å². The zero-order valence-electron chi connectivity index (χ0n) is 16.4. The molecule has 3 amide bonds. The molecule has 0 aliphatic carbocycles. The lowest BCUT2D eigenvalue weighted by Crippen LogP contribution is -2.35. The molecule has 0 aromatic heterocycles. The van der Waals surface area contributed by atoms with Crippen LogP contribution in [0.4, 0.5) is 15.3 Å². The van der Waals surface area contributed by atoms with Gasteiger partial charge in [-0.1, -0.05) is 54.3 Å². The highest BCUT2D eigenvalue weighted by atomic mass is 16.6. The summed E-state index contributed by atoms with van der Waals surface area (Å²) in [5.74, 6) is 5.93. The van der Waals surface area contributed by atoms with Gasteiger partial charge in [-0.3, -0.25) is 4.90 Å². The molecule has 6 nitrogen and oxygen atoms in total. The van der Waals surface area contributed by atoms with E-state index in [4.69, 9.17) is 4.74 Å². The van der Waals surface area contributed by atoms with Crippen molar-refractivity contribution in [1.82, 2.24) is 10.6 Å². The van der Waals surface area contributed by atoms with Crippen LogP contribution in [0.5, 0.6) is 0 Å². The van der Waals surface area contributed by atoms with Gasteiger partial charge in [-0.2, -0.15) is 0 Å². The molecule has 0 unspecified atom stereocenters. The highest BCUT2D eigenvalue weighted by Gasteiger charge is 2.23. The maximum absolute atomic E-state index is 12.0. The van der Waals surface area contributed by atoms with Crippen molar-refractivity contribution in [2.24, 2.45) is 0 Å². The Balaban J connectivity index is 1.26.